The van der Waals surface area contributed by atoms with E-state index in [1.165, 1.54) is 0 Å². The van der Waals surface area contributed by atoms with E-state index in [-0.39, 0.29) is 6.42 Å². The molecule has 2 aromatic rings. The zero-order valence-electron chi connectivity index (χ0n) is 16.9. The van der Waals surface area contributed by atoms with Crippen LogP contribution in [-0.2, 0) is 11.3 Å². The fourth-order valence-electron chi connectivity index (χ4n) is 4.57. The number of ether oxygens (including phenoxy) is 1. The number of rotatable bonds is 5. The maximum Gasteiger partial charge on any atom is 0.222 e. The Hall–Kier alpha value is -2.39. The van der Waals surface area contributed by atoms with Crippen LogP contribution in [0.1, 0.15) is 12.0 Å². The number of thiocarbonyl (C=S) groups is 1. The van der Waals surface area contributed by atoms with Crippen LogP contribution in [0.4, 0.5) is 5.69 Å². The SMILES string of the molecule is COc1ccc(CN2C(=S)N(c3ccc(Cl)cc3)[C@H]3[C@H]2[C@@H](O)[C@H](O)C[C@H]3C(N)=O)cc1. The Morgan fingerprint density at radius 2 is 1.81 bits per heavy atom. The van der Waals surface area contributed by atoms with Crippen molar-refractivity contribution >= 4 is 40.5 Å². The van der Waals surface area contributed by atoms with Gasteiger partial charge in [0, 0.05) is 17.3 Å². The maximum absolute atomic E-state index is 12.3. The molecule has 7 nitrogen and oxygen atoms in total. The summed E-state index contributed by atoms with van der Waals surface area (Å²) in [5.41, 5.74) is 7.41. The molecule has 1 amide bonds. The van der Waals surface area contributed by atoms with Gasteiger partial charge in [0.2, 0.25) is 5.91 Å². The number of carbonyl (C=O) groups excluding carboxylic acids is 1. The summed E-state index contributed by atoms with van der Waals surface area (Å²) in [6, 6.07) is 13.5. The number of aliphatic hydroxyl groups excluding tert-OH is 2. The molecule has 0 bridgehead atoms. The normalized spacial score (nSPS) is 27.9. The summed E-state index contributed by atoms with van der Waals surface area (Å²) in [4.78, 5) is 16.0. The van der Waals surface area contributed by atoms with Crippen LogP contribution in [0.5, 0.6) is 5.75 Å². The summed E-state index contributed by atoms with van der Waals surface area (Å²) in [7, 11) is 1.60. The molecule has 0 radical (unpaired) electrons. The Labute approximate surface area is 191 Å². The molecular formula is C22H24ClN3O4S. The monoisotopic (exact) mass is 461 g/mol. The van der Waals surface area contributed by atoms with Gasteiger partial charge in [0.15, 0.2) is 5.11 Å². The van der Waals surface area contributed by atoms with E-state index in [1.807, 2.05) is 46.2 Å². The minimum absolute atomic E-state index is 0.0702. The minimum Gasteiger partial charge on any atom is -0.497 e. The molecule has 0 unspecified atom stereocenters. The van der Waals surface area contributed by atoms with Crippen molar-refractivity contribution in [2.45, 2.75) is 37.3 Å². The third kappa shape index (κ3) is 3.96. The predicted octanol–water partition coefficient (Wildman–Crippen LogP) is 1.92. The number of carbonyl (C=O) groups is 1. The van der Waals surface area contributed by atoms with Gasteiger partial charge in [0.25, 0.3) is 0 Å². The molecule has 1 heterocycles. The van der Waals surface area contributed by atoms with Crippen LogP contribution in [0.25, 0.3) is 0 Å². The Morgan fingerprint density at radius 1 is 1.16 bits per heavy atom. The zero-order valence-corrected chi connectivity index (χ0v) is 18.5. The van der Waals surface area contributed by atoms with Crippen LogP contribution in [0.3, 0.4) is 0 Å². The van der Waals surface area contributed by atoms with Crippen molar-refractivity contribution in [2.75, 3.05) is 12.0 Å². The van der Waals surface area contributed by atoms with Crippen molar-refractivity contribution in [3.63, 3.8) is 0 Å². The number of halogens is 1. The highest BCUT2D eigenvalue weighted by molar-refractivity contribution is 7.80. The molecule has 0 spiro atoms. The first-order valence-corrected chi connectivity index (χ1v) is 10.7. The van der Waals surface area contributed by atoms with Gasteiger partial charge in [0.1, 0.15) is 11.9 Å². The third-order valence-electron chi connectivity index (χ3n) is 6.09. The number of aliphatic hydroxyl groups is 2. The Morgan fingerprint density at radius 3 is 2.39 bits per heavy atom. The van der Waals surface area contributed by atoms with Crippen LogP contribution in [0, 0.1) is 5.92 Å². The second-order valence-electron chi connectivity index (χ2n) is 7.89. The van der Waals surface area contributed by atoms with Crippen LogP contribution < -0.4 is 15.4 Å². The van der Waals surface area contributed by atoms with E-state index in [4.69, 9.17) is 34.3 Å². The van der Waals surface area contributed by atoms with E-state index in [0.717, 1.165) is 17.0 Å². The number of amides is 1. The lowest BCUT2D eigenvalue weighted by atomic mass is 9.76. The summed E-state index contributed by atoms with van der Waals surface area (Å²) < 4.78 is 5.22. The molecule has 4 rings (SSSR count). The van der Waals surface area contributed by atoms with Crippen LogP contribution in [0.15, 0.2) is 48.5 Å². The highest BCUT2D eigenvalue weighted by Crippen LogP contribution is 2.41. The van der Waals surface area contributed by atoms with Gasteiger partial charge in [-0.1, -0.05) is 23.7 Å². The second kappa shape index (κ2) is 8.63. The summed E-state index contributed by atoms with van der Waals surface area (Å²) in [6.45, 7) is 0.392. The average Bonchev–Trinajstić information content (AvgIpc) is 3.04. The molecule has 31 heavy (non-hydrogen) atoms. The van der Waals surface area contributed by atoms with Crippen molar-refractivity contribution in [3.8, 4) is 5.75 Å². The fraction of sp³-hybridized carbons (Fsp3) is 0.364. The Balaban J connectivity index is 1.76. The molecule has 9 heteroatoms. The molecule has 5 atom stereocenters. The number of hydrogen-bond acceptors (Lipinski definition) is 5. The maximum atomic E-state index is 12.3. The van der Waals surface area contributed by atoms with Crippen molar-refractivity contribution in [1.82, 2.24) is 4.90 Å². The molecule has 2 aromatic carbocycles. The second-order valence-corrected chi connectivity index (χ2v) is 8.69. The molecule has 1 saturated carbocycles. The van der Waals surface area contributed by atoms with Crippen LogP contribution >= 0.6 is 23.8 Å². The minimum atomic E-state index is -1.09. The molecule has 1 saturated heterocycles. The van der Waals surface area contributed by atoms with Crippen molar-refractivity contribution < 1.29 is 19.7 Å². The lowest BCUT2D eigenvalue weighted by Gasteiger charge is -2.42. The number of nitrogens with two attached hydrogens (primary N) is 1. The summed E-state index contributed by atoms with van der Waals surface area (Å²) >= 11 is 11.9. The molecule has 164 valence electrons. The van der Waals surface area contributed by atoms with Crippen molar-refractivity contribution in [1.29, 1.82) is 0 Å². The van der Waals surface area contributed by atoms with Gasteiger partial charge in [-0.15, -0.1) is 0 Å². The van der Waals surface area contributed by atoms with Crippen molar-refractivity contribution in [2.24, 2.45) is 11.7 Å². The molecule has 2 fully saturated rings. The lowest BCUT2D eigenvalue weighted by molar-refractivity contribution is -0.129. The van der Waals surface area contributed by atoms with Gasteiger partial charge >= 0.3 is 0 Å². The first kappa shape index (κ1) is 21.8. The van der Waals surface area contributed by atoms with E-state index in [0.29, 0.717) is 16.7 Å². The van der Waals surface area contributed by atoms with E-state index >= 15 is 0 Å². The van der Waals surface area contributed by atoms with E-state index in [9.17, 15) is 15.0 Å². The first-order valence-electron chi connectivity index (χ1n) is 9.95. The number of anilines is 1. The van der Waals surface area contributed by atoms with Gasteiger partial charge in [-0.05, 0) is 60.6 Å². The molecule has 0 aromatic heterocycles. The van der Waals surface area contributed by atoms with E-state index < -0.39 is 36.1 Å². The molecule has 1 aliphatic carbocycles. The summed E-state index contributed by atoms with van der Waals surface area (Å²) in [5.74, 6) is -0.484. The quantitative estimate of drug-likeness (QED) is 0.585. The Kier molecular flexibility index (Phi) is 6.07. The zero-order chi connectivity index (χ0) is 22.3. The third-order valence-corrected chi connectivity index (χ3v) is 6.78. The standard InChI is InChI=1S/C22H24ClN3O4S/c1-30-15-8-2-12(3-9-15)11-25-19-18(16(21(24)29)10-17(27)20(19)28)26(22(25)31)14-6-4-13(23)5-7-14/h2-9,16-20,27-28H,10-11H2,1H3,(H2,24,29)/t16-,17-,18-,19+,20+/m1/s1. The smallest absolute Gasteiger partial charge is 0.222 e. The lowest BCUT2D eigenvalue weighted by Crippen LogP contribution is -2.60. The largest absolute Gasteiger partial charge is 0.497 e. The number of primary amides is 1. The molecule has 4 N–H and O–H groups in total. The van der Waals surface area contributed by atoms with Gasteiger partial charge in [-0.3, -0.25) is 4.79 Å². The number of hydrogen-bond donors (Lipinski definition) is 3. The van der Waals surface area contributed by atoms with Gasteiger partial charge < -0.3 is 30.5 Å². The molecule has 1 aliphatic heterocycles. The predicted molar refractivity (Wildman–Crippen MR) is 122 cm³/mol. The van der Waals surface area contributed by atoms with Crippen LogP contribution in [-0.4, -0.2) is 57.5 Å². The van der Waals surface area contributed by atoms with Gasteiger partial charge in [0.05, 0.1) is 31.2 Å². The highest BCUT2D eigenvalue weighted by Gasteiger charge is 2.56. The summed E-state index contributed by atoms with van der Waals surface area (Å²) in [6.07, 6.45) is -2.10. The van der Waals surface area contributed by atoms with E-state index in [1.54, 1.807) is 19.2 Å². The van der Waals surface area contributed by atoms with E-state index in [2.05, 4.69) is 0 Å². The Bertz CT molecular complexity index is 972. The summed E-state index contributed by atoms with van der Waals surface area (Å²) in [5, 5.41) is 22.5. The number of fused-ring (bicyclic) bond motifs is 1. The van der Waals surface area contributed by atoms with Gasteiger partial charge in [-0.2, -0.15) is 0 Å². The average molecular weight is 462 g/mol. The molecular weight excluding hydrogens is 438 g/mol. The van der Waals surface area contributed by atoms with Crippen LogP contribution in [0.2, 0.25) is 5.02 Å². The molecule has 2 aliphatic rings. The number of nitrogens with zero attached hydrogens (tertiary/aromatic N) is 2. The van der Waals surface area contributed by atoms with Crippen molar-refractivity contribution in [3.05, 3.63) is 59.1 Å². The number of benzene rings is 2. The highest BCUT2D eigenvalue weighted by atomic mass is 35.5. The first-order chi connectivity index (χ1) is 14.8. The fourth-order valence-corrected chi connectivity index (χ4v) is 5.11. The van der Waals surface area contributed by atoms with Gasteiger partial charge in [-0.25, -0.2) is 0 Å². The topological polar surface area (TPSA) is 99.3 Å². The number of methoxy groups -OCH3 is 1.